The number of alkyl carbamates (subject to hydrolysis) is 1. The van der Waals surface area contributed by atoms with Crippen LogP contribution in [0.25, 0.3) is 0 Å². The quantitative estimate of drug-likeness (QED) is 0.385. The minimum Gasteiger partial charge on any atom is -0.508 e. The van der Waals surface area contributed by atoms with Gasteiger partial charge in [0.15, 0.2) is 0 Å². The first-order chi connectivity index (χ1) is 18.7. The Morgan fingerprint density at radius 2 is 1.52 bits per heavy atom. The van der Waals surface area contributed by atoms with Gasteiger partial charge >= 0.3 is 6.09 Å². The Hall–Kier alpha value is -3.55. The molecule has 2 atom stereocenters. The van der Waals surface area contributed by atoms with Gasteiger partial charge in [0.2, 0.25) is 11.8 Å². The number of nitrogens with zero attached hydrogens (tertiary/aromatic N) is 1. The number of carbonyl (C=O) groups is 3. The summed E-state index contributed by atoms with van der Waals surface area (Å²) in [7, 11) is 0. The van der Waals surface area contributed by atoms with Crippen molar-refractivity contribution in [2.75, 3.05) is 0 Å². The maximum absolute atomic E-state index is 14.5. The summed E-state index contributed by atoms with van der Waals surface area (Å²) >= 11 is 0. The molecule has 0 spiro atoms. The number of phenolic OH excluding ortho intramolecular Hbond substituents is 1. The van der Waals surface area contributed by atoms with E-state index in [0.717, 1.165) is 42.4 Å². The molecular formula is C32H45N3O5. The largest absolute Gasteiger partial charge is 0.508 e. The second-order valence-electron chi connectivity index (χ2n) is 12.6. The summed E-state index contributed by atoms with van der Waals surface area (Å²) in [5.74, 6) is -0.507. The normalized spacial score (nSPS) is 15.4. The van der Waals surface area contributed by atoms with Gasteiger partial charge in [0, 0.05) is 18.0 Å². The van der Waals surface area contributed by atoms with E-state index in [1.807, 2.05) is 45.0 Å². The molecule has 0 radical (unpaired) electrons. The molecule has 0 saturated heterocycles. The number of aryl methyl sites for hydroxylation is 1. The van der Waals surface area contributed by atoms with Crippen LogP contribution in [0.2, 0.25) is 0 Å². The van der Waals surface area contributed by atoms with Crippen LogP contribution in [-0.4, -0.2) is 51.1 Å². The van der Waals surface area contributed by atoms with Crippen molar-refractivity contribution in [1.82, 2.24) is 15.5 Å². The molecule has 8 heteroatoms. The minimum absolute atomic E-state index is 0.109. The van der Waals surface area contributed by atoms with Crippen molar-refractivity contribution >= 4 is 17.9 Å². The second-order valence-corrected chi connectivity index (χ2v) is 12.6. The zero-order chi connectivity index (χ0) is 29.7. The molecule has 1 saturated carbocycles. The van der Waals surface area contributed by atoms with E-state index in [1.165, 1.54) is 0 Å². The highest BCUT2D eigenvalue weighted by atomic mass is 16.6. The van der Waals surface area contributed by atoms with Crippen LogP contribution in [0.5, 0.6) is 5.75 Å². The fourth-order valence-electron chi connectivity index (χ4n) is 4.69. The summed E-state index contributed by atoms with van der Waals surface area (Å²) in [5, 5.41) is 15.6. The fourth-order valence-corrected chi connectivity index (χ4v) is 4.69. The number of aromatic hydroxyl groups is 1. The molecule has 8 nitrogen and oxygen atoms in total. The summed E-state index contributed by atoms with van der Waals surface area (Å²) in [4.78, 5) is 42.9. The van der Waals surface area contributed by atoms with Crippen molar-refractivity contribution < 1.29 is 24.2 Å². The van der Waals surface area contributed by atoms with Gasteiger partial charge in [-0.25, -0.2) is 4.79 Å². The number of nitrogens with one attached hydrogen (secondary N) is 2. The molecule has 3 rings (SSSR count). The Bertz CT molecular complexity index is 1160. The topological polar surface area (TPSA) is 108 Å². The number of ether oxygens (including phenoxy) is 1. The van der Waals surface area contributed by atoms with Crippen molar-refractivity contribution in [3.05, 3.63) is 65.2 Å². The van der Waals surface area contributed by atoms with Gasteiger partial charge < -0.3 is 25.4 Å². The molecule has 1 aliphatic carbocycles. The lowest BCUT2D eigenvalue weighted by atomic mass is 9.87. The van der Waals surface area contributed by atoms with E-state index >= 15 is 0 Å². The molecule has 218 valence electrons. The zero-order valence-corrected chi connectivity index (χ0v) is 24.9. The van der Waals surface area contributed by atoms with E-state index in [-0.39, 0.29) is 30.0 Å². The molecular weight excluding hydrogens is 506 g/mol. The standard InChI is InChI=1S/C32H45N3O5/c1-8-21-12-16-23(17-13-21)27(28(37)34-31(2,3)4)35(24-10-9-11-24)29(38)26(33-30(39)40-32(5,6)7)20-22-14-18-25(36)19-15-22/h12-19,24,26-27,36H,8-11,20H2,1-7H3,(H,33,39)(H,34,37). The Morgan fingerprint density at radius 3 is 2.00 bits per heavy atom. The molecule has 40 heavy (non-hydrogen) atoms. The number of amides is 3. The summed E-state index contributed by atoms with van der Waals surface area (Å²) in [6.45, 7) is 13.1. The van der Waals surface area contributed by atoms with Gasteiger partial charge in [-0.1, -0.05) is 43.3 Å². The van der Waals surface area contributed by atoms with Crippen LogP contribution in [0, 0.1) is 0 Å². The van der Waals surface area contributed by atoms with Gasteiger partial charge in [0.25, 0.3) is 0 Å². The average Bonchev–Trinajstić information content (AvgIpc) is 2.81. The van der Waals surface area contributed by atoms with Crippen molar-refractivity contribution in [3.63, 3.8) is 0 Å². The monoisotopic (exact) mass is 551 g/mol. The average molecular weight is 552 g/mol. The van der Waals surface area contributed by atoms with Crippen molar-refractivity contribution in [2.24, 2.45) is 0 Å². The fraction of sp³-hybridized carbons (Fsp3) is 0.531. The lowest BCUT2D eigenvalue weighted by Gasteiger charge is -2.44. The van der Waals surface area contributed by atoms with E-state index < -0.39 is 29.3 Å². The molecule has 3 N–H and O–H groups in total. The maximum Gasteiger partial charge on any atom is 0.408 e. The Balaban J connectivity index is 2.05. The van der Waals surface area contributed by atoms with E-state index in [2.05, 4.69) is 17.6 Å². The number of hydrogen-bond acceptors (Lipinski definition) is 5. The van der Waals surface area contributed by atoms with Crippen LogP contribution in [0.4, 0.5) is 4.79 Å². The third-order valence-corrected chi connectivity index (χ3v) is 6.82. The summed E-state index contributed by atoms with van der Waals surface area (Å²) < 4.78 is 5.50. The van der Waals surface area contributed by atoms with Crippen LogP contribution in [0.15, 0.2) is 48.5 Å². The lowest BCUT2D eigenvalue weighted by Crippen LogP contribution is -2.59. The van der Waals surface area contributed by atoms with Crippen molar-refractivity contribution in [3.8, 4) is 5.75 Å². The zero-order valence-electron chi connectivity index (χ0n) is 24.9. The smallest absolute Gasteiger partial charge is 0.408 e. The molecule has 1 fully saturated rings. The number of rotatable bonds is 9. The summed E-state index contributed by atoms with van der Waals surface area (Å²) in [6, 6.07) is 12.3. The molecule has 2 unspecified atom stereocenters. The van der Waals surface area contributed by atoms with Gasteiger partial charge in [-0.3, -0.25) is 9.59 Å². The Morgan fingerprint density at radius 1 is 0.950 bits per heavy atom. The number of benzene rings is 2. The third-order valence-electron chi connectivity index (χ3n) is 6.82. The van der Waals surface area contributed by atoms with E-state index in [9.17, 15) is 19.5 Å². The number of hydrogen-bond donors (Lipinski definition) is 3. The Labute approximate surface area is 238 Å². The molecule has 2 aromatic rings. The minimum atomic E-state index is -0.986. The highest BCUT2D eigenvalue weighted by Crippen LogP contribution is 2.34. The highest BCUT2D eigenvalue weighted by molar-refractivity contribution is 5.93. The van der Waals surface area contributed by atoms with E-state index in [1.54, 1.807) is 49.9 Å². The van der Waals surface area contributed by atoms with Gasteiger partial charge in [-0.2, -0.15) is 0 Å². The van der Waals surface area contributed by atoms with Gasteiger partial charge in [-0.05, 0) is 96.0 Å². The van der Waals surface area contributed by atoms with E-state index in [0.29, 0.717) is 0 Å². The summed E-state index contributed by atoms with van der Waals surface area (Å²) in [5.41, 5.74) is 1.36. The van der Waals surface area contributed by atoms with Crippen LogP contribution in [0.3, 0.4) is 0 Å². The first-order valence-corrected chi connectivity index (χ1v) is 14.2. The van der Waals surface area contributed by atoms with Crippen molar-refractivity contribution in [1.29, 1.82) is 0 Å². The molecule has 0 heterocycles. The molecule has 0 aromatic heterocycles. The van der Waals surface area contributed by atoms with E-state index in [4.69, 9.17) is 4.74 Å². The predicted octanol–water partition coefficient (Wildman–Crippen LogP) is 5.43. The predicted molar refractivity (Wildman–Crippen MR) is 156 cm³/mol. The number of carbonyl (C=O) groups excluding carboxylic acids is 3. The van der Waals surface area contributed by atoms with Gasteiger partial charge in [-0.15, -0.1) is 0 Å². The molecule has 3 amide bonds. The first kappa shape index (κ1) is 31.0. The SMILES string of the molecule is CCc1ccc(C(C(=O)NC(C)(C)C)N(C(=O)C(Cc2ccc(O)cc2)NC(=O)OC(C)(C)C)C2CCC2)cc1. The van der Waals surface area contributed by atoms with Crippen LogP contribution >= 0.6 is 0 Å². The molecule has 0 aliphatic heterocycles. The number of phenols is 1. The van der Waals surface area contributed by atoms with Crippen LogP contribution in [-0.2, 0) is 27.2 Å². The lowest BCUT2D eigenvalue weighted by molar-refractivity contribution is -0.148. The highest BCUT2D eigenvalue weighted by Gasteiger charge is 2.42. The van der Waals surface area contributed by atoms with Crippen LogP contribution in [0.1, 0.15) is 90.5 Å². The maximum atomic E-state index is 14.5. The first-order valence-electron chi connectivity index (χ1n) is 14.2. The van der Waals surface area contributed by atoms with Crippen LogP contribution < -0.4 is 10.6 Å². The summed E-state index contributed by atoms with van der Waals surface area (Å²) in [6.07, 6.45) is 2.83. The van der Waals surface area contributed by atoms with Gasteiger partial charge in [0.1, 0.15) is 23.4 Å². The van der Waals surface area contributed by atoms with Gasteiger partial charge in [0.05, 0.1) is 0 Å². The molecule has 0 bridgehead atoms. The van der Waals surface area contributed by atoms with Crippen molar-refractivity contribution in [2.45, 2.75) is 110 Å². The Kier molecular flexibility index (Phi) is 9.87. The third kappa shape index (κ3) is 8.73. The molecule has 2 aromatic carbocycles. The second kappa shape index (κ2) is 12.7. The molecule has 1 aliphatic rings.